The molecule has 0 saturated heterocycles. The lowest BCUT2D eigenvalue weighted by Crippen LogP contribution is -1.97. The second-order valence-corrected chi connectivity index (χ2v) is 13.0. The molecule has 8 aromatic carbocycles. The minimum absolute atomic E-state index is 1.17. The summed E-state index contributed by atoms with van der Waals surface area (Å²) < 4.78 is 4.81. The Hall–Kier alpha value is -6.64. The molecule has 0 amide bonds. The monoisotopic (exact) mass is 636 g/mol. The summed E-state index contributed by atoms with van der Waals surface area (Å²) >= 11 is 0. The van der Waals surface area contributed by atoms with E-state index < -0.39 is 0 Å². The fraction of sp³-hybridized carbons (Fsp3) is 0. The van der Waals surface area contributed by atoms with Crippen LogP contribution >= 0.6 is 0 Å². The summed E-state index contributed by atoms with van der Waals surface area (Å²) in [6.45, 7) is 0. The van der Waals surface area contributed by atoms with Crippen LogP contribution in [0.3, 0.4) is 0 Å². The van der Waals surface area contributed by atoms with Crippen LogP contribution in [0, 0.1) is 0 Å². The molecule has 0 atom stereocenters. The lowest BCUT2D eigenvalue weighted by Gasteiger charge is -2.15. The second-order valence-electron chi connectivity index (χ2n) is 13.0. The third-order valence-electron chi connectivity index (χ3n) is 10.1. The van der Waals surface area contributed by atoms with Crippen LogP contribution in [0.1, 0.15) is 0 Å². The third-order valence-corrected chi connectivity index (χ3v) is 10.1. The topological polar surface area (TPSA) is 9.86 Å². The van der Waals surface area contributed by atoms with Crippen molar-refractivity contribution in [3.63, 3.8) is 0 Å². The molecule has 10 aromatic rings. The Kier molecular flexibility index (Phi) is 6.53. The first-order valence-corrected chi connectivity index (χ1v) is 17.2. The van der Waals surface area contributed by atoms with Gasteiger partial charge >= 0.3 is 0 Å². The largest absolute Gasteiger partial charge is 0.309 e. The number of nitrogens with zero attached hydrogens (tertiary/aromatic N) is 2. The van der Waals surface area contributed by atoms with Gasteiger partial charge in [0.1, 0.15) is 0 Å². The Morgan fingerprint density at radius 2 is 0.760 bits per heavy atom. The second kappa shape index (κ2) is 11.5. The first kappa shape index (κ1) is 28.4. The van der Waals surface area contributed by atoms with Gasteiger partial charge in [0.25, 0.3) is 0 Å². The van der Waals surface area contributed by atoms with Gasteiger partial charge in [0, 0.05) is 32.8 Å². The van der Waals surface area contributed by atoms with Gasteiger partial charge in [-0.05, 0) is 76.3 Å². The zero-order chi connectivity index (χ0) is 33.0. The normalized spacial score (nSPS) is 11.6. The number of aromatic nitrogens is 2. The number of para-hydroxylation sites is 4. The van der Waals surface area contributed by atoms with E-state index in [1.165, 1.54) is 88.4 Å². The van der Waals surface area contributed by atoms with Gasteiger partial charge in [0.05, 0.1) is 27.8 Å². The van der Waals surface area contributed by atoms with Crippen molar-refractivity contribution in [2.24, 2.45) is 0 Å². The van der Waals surface area contributed by atoms with Crippen molar-refractivity contribution in [3.05, 3.63) is 194 Å². The molecule has 0 radical (unpaired) electrons. The quantitative estimate of drug-likeness (QED) is 0.178. The molecule has 2 heteroatoms. The van der Waals surface area contributed by atoms with Crippen LogP contribution in [0.5, 0.6) is 0 Å². The molecule has 0 aliphatic rings. The molecule has 2 aromatic heterocycles. The summed E-state index contributed by atoms with van der Waals surface area (Å²) in [7, 11) is 0. The first-order chi connectivity index (χ1) is 24.8. The minimum Gasteiger partial charge on any atom is -0.309 e. The van der Waals surface area contributed by atoms with Gasteiger partial charge < -0.3 is 9.13 Å². The zero-order valence-corrected chi connectivity index (χ0v) is 27.4. The van der Waals surface area contributed by atoms with Crippen molar-refractivity contribution in [1.82, 2.24) is 9.13 Å². The molecule has 2 heterocycles. The summed E-state index contributed by atoms with van der Waals surface area (Å²) in [6.07, 6.45) is 0. The molecule has 0 unspecified atom stereocenters. The molecule has 234 valence electrons. The summed E-state index contributed by atoms with van der Waals surface area (Å²) in [4.78, 5) is 0. The van der Waals surface area contributed by atoms with E-state index in [4.69, 9.17) is 0 Å². The van der Waals surface area contributed by atoms with Gasteiger partial charge in [-0.1, -0.05) is 146 Å². The summed E-state index contributed by atoms with van der Waals surface area (Å²) in [5.74, 6) is 0. The van der Waals surface area contributed by atoms with Crippen LogP contribution in [0.4, 0.5) is 0 Å². The number of hydrogen-bond acceptors (Lipinski definition) is 0. The lowest BCUT2D eigenvalue weighted by atomic mass is 9.98. The van der Waals surface area contributed by atoms with E-state index in [0.29, 0.717) is 0 Å². The Morgan fingerprint density at radius 3 is 1.54 bits per heavy atom. The Morgan fingerprint density at radius 1 is 0.260 bits per heavy atom. The maximum Gasteiger partial charge on any atom is 0.0547 e. The zero-order valence-electron chi connectivity index (χ0n) is 27.4. The Balaban J connectivity index is 1.08. The van der Waals surface area contributed by atoms with E-state index in [2.05, 4.69) is 203 Å². The van der Waals surface area contributed by atoms with E-state index >= 15 is 0 Å². The van der Waals surface area contributed by atoms with Gasteiger partial charge in [-0.15, -0.1) is 0 Å². The maximum atomic E-state index is 2.43. The standard InChI is InChI=1S/C48H32N2/c1-3-13-33(14-4-1)36-28-30-47-43(31-36)41-19-9-12-22-46(41)50(47)44-20-10-7-17-39(44)35-25-23-34(24-26-35)37-27-29-42-40-18-8-11-21-45(40)49(48(42)32-37)38-15-5-2-6-16-38/h1-32H. The van der Waals surface area contributed by atoms with Crippen LogP contribution in [-0.2, 0) is 0 Å². The molecule has 10 rings (SSSR count). The molecular weight excluding hydrogens is 605 g/mol. The average molecular weight is 637 g/mol. The van der Waals surface area contributed by atoms with Gasteiger partial charge in [-0.25, -0.2) is 0 Å². The van der Waals surface area contributed by atoms with Crippen molar-refractivity contribution in [2.75, 3.05) is 0 Å². The number of fused-ring (bicyclic) bond motifs is 6. The van der Waals surface area contributed by atoms with Gasteiger partial charge in [-0.2, -0.15) is 0 Å². The van der Waals surface area contributed by atoms with E-state index in [-0.39, 0.29) is 0 Å². The number of hydrogen-bond donors (Lipinski definition) is 0. The van der Waals surface area contributed by atoms with Gasteiger partial charge in [0.15, 0.2) is 0 Å². The van der Waals surface area contributed by atoms with Crippen LogP contribution in [0.25, 0.3) is 88.4 Å². The third kappa shape index (κ3) is 4.50. The van der Waals surface area contributed by atoms with E-state index in [9.17, 15) is 0 Å². The van der Waals surface area contributed by atoms with Gasteiger partial charge in [-0.3, -0.25) is 0 Å². The van der Waals surface area contributed by atoms with Crippen LogP contribution in [0.2, 0.25) is 0 Å². The first-order valence-electron chi connectivity index (χ1n) is 17.2. The smallest absolute Gasteiger partial charge is 0.0547 e. The van der Waals surface area contributed by atoms with Crippen molar-refractivity contribution < 1.29 is 0 Å². The molecule has 0 aliphatic heterocycles. The molecule has 0 bridgehead atoms. The molecule has 50 heavy (non-hydrogen) atoms. The Labute approximate surface area is 290 Å². The van der Waals surface area contributed by atoms with Crippen LogP contribution < -0.4 is 0 Å². The van der Waals surface area contributed by atoms with Crippen LogP contribution in [-0.4, -0.2) is 9.13 Å². The number of benzene rings is 8. The van der Waals surface area contributed by atoms with Gasteiger partial charge in [0.2, 0.25) is 0 Å². The Bertz CT molecular complexity index is 2840. The highest BCUT2D eigenvalue weighted by Gasteiger charge is 2.17. The van der Waals surface area contributed by atoms with Crippen molar-refractivity contribution in [2.45, 2.75) is 0 Å². The molecule has 0 saturated carbocycles. The van der Waals surface area contributed by atoms with E-state index in [1.54, 1.807) is 0 Å². The summed E-state index contributed by atoms with van der Waals surface area (Å²) in [6, 6.07) is 70.4. The molecule has 2 nitrogen and oxygen atoms in total. The van der Waals surface area contributed by atoms with Crippen molar-refractivity contribution in [3.8, 4) is 44.8 Å². The predicted molar refractivity (Wildman–Crippen MR) is 211 cm³/mol. The molecule has 0 aliphatic carbocycles. The average Bonchev–Trinajstić information content (AvgIpc) is 3.71. The molecule has 0 fully saturated rings. The fourth-order valence-electron chi connectivity index (χ4n) is 7.80. The molecule has 0 N–H and O–H groups in total. The summed E-state index contributed by atoms with van der Waals surface area (Å²) in [5.41, 5.74) is 14.4. The lowest BCUT2D eigenvalue weighted by molar-refractivity contribution is 1.18. The maximum absolute atomic E-state index is 2.43. The highest BCUT2D eigenvalue weighted by Crippen LogP contribution is 2.39. The molecule has 0 spiro atoms. The van der Waals surface area contributed by atoms with E-state index in [0.717, 1.165) is 0 Å². The highest BCUT2D eigenvalue weighted by molar-refractivity contribution is 6.12. The highest BCUT2D eigenvalue weighted by atomic mass is 15.0. The van der Waals surface area contributed by atoms with E-state index in [1.807, 2.05) is 0 Å². The van der Waals surface area contributed by atoms with Crippen LogP contribution in [0.15, 0.2) is 194 Å². The predicted octanol–water partition coefficient (Wildman–Crippen LogP) is 12.9. The van der Waals surface area contributed by atoms with Crippen molar-refractivity contribution in [1.29, 1.82) is 0 Å². The van der Waals surface area contributed by atoms with Crippen molar-refractivity contribution >= 4 is 43.6 Å². The minimum atomic E-state index is 1.17. The number of rotatable bonds is 5. The SMILES string of the molecule is c1ccc(-c2ccc3c(c2)c2ccccc2n3-c2ccccc2-c2ccc(-c3ccc4c5ccccc5n(-c5ccccc5)c4c3)cc2)cc1. The fourth-order valence-corrected chi connectivity index (χ4v) is 7.80. The molecular formula is C48H32N2. The summed E-state index contributed by atoms with van der Waals surface area (Å²) in [5, 5.41) is 5.05.